The van der Waals surface area contributed by atoms with Crippen LogP contribution in [0.2, 0.25) is 0 Å². The Morgan fingerprint density at radius 3 is 2.61 bits per heavy atom. The summed E-state index contributed by atoms with van der Waals surface area (Å²) in [6, 6.07) is 21.3. The van der Waals surface area contributed by atoms with Crippen molar-refractivity contribution in [3.05, 3.63) is 84.3 Å². The van der Waals surface area contributed by atoms with Crippen molar-refractivity contribution in [1.29, 1.82) is 0 Å². The van der Waals surface area contributed by atoms with Crippen LogP contribution in [0, 0.1) is 0 Å². The fourth-order valence-corrected chi connectivity index (χ4v) is 3.39. The van der Waals surface area contributed by atoms with Crippen molar-refractivity contribution in [3.63, 3.8) is 0 Å². The molecule has 0 radical (unpaired) electrons. The first kappa shape index (κ1) is 20.5. The Balaban J connectivity index is 1.48. The molecule has 2 heterocycles. The number of hydrogen-bond acceptors (Lipinski definition) is 5. The molecule has 0 saturated carbocycles. The topological polar surface area (TPSA) is 76.4 Å². The highest BCUT2D eigenvalue weighted by Crippen LogP contribution is 2.27. The zero-order chi connectivity index (χ0) is 21.6. The van der Waals surface area contributed by atoms with Gasteiger partial charge in [0, 0.05) is 17.8 Å². The number of rotatable bonds is 8. The number of nitrogens with one attached hydrogen (secondary N) is 2. The minimum absolute atomic E-state index is 0.0137. The number of carbonyl (C=O) groups excluding carboxylic acids is 1. The first-order valence-corrected chi connectivity index (χ1v) is 10.3. The molecule has 0 aliphatic rings. The van der Waals surface area contributed by atoms with Crippen LogP contribution in [0.5, 0.6) is 5.75 Å². The van der Waals surface area contributed by atoms with Crippen molar-refractivity contribution < 1.29 is 13.9 Å². The lowest BCUT2D eigenvalue weighted by Gasteiger charge is -2.14. The lowest BCUT2D eigenvalue weighted by Crippen LogP contribution is -2.33. The number of furan rings is 1. The van der Waals surface area contributed by atoms with E-state index < -0.39 is 0 Å². The number of nitrogens with zero attached hydrogens (tertiary/aromatic N) is 1. The van der Waals surface area contributed by atoms with E-state index in [-0.39, 0.29) is 11.9 Å². The van der Waals surface area contributed by atoms with Crippen LogP contribution in [-0.2, 0) is 6.42 Å². The van der Waals surface area contributed by atoms with Crippen LogP contribution < -0.4 is 15.4 Å². The largest absolute Gasteiger partial charge is 0.497 e. The smallest absolute Gasteiger partial charge is 0.270 e. The van der Waals surface area contributed by atoms with Gasteiger partial charge in [-0.15, -0.1) is 0 Å². The predicted molar refractivity (Wildman–Crippen MR) is 122 cm³/mol. The fraction of sp³-hybridized carbons (Fsp3) is 0.200. The lowest BCUT2D eigenvalue weighted by atomic mass is 10.1. The summed E-state index contributed by atoms with van der Waals surface area (Å²) >= 11 is 0. The van der Waals surface area contributed by atoms with Gasteiger partial charge in [0.05, 0.1) is 18.8 Å². The van der Waals surface area contributed by atoms with Crippen LogP contribution in [-0.4, -0.2) is 24.0 Å². The van der Waals surface area contributed by atoms with E-state index in [1.807, 2.05) is 55.5 Å². The van der Waals surface area contributed by atoms with Crippen LogP contribution in [0.4, 0.5) is 11.5 Å². The molecule has 4 rings (SSSR count). The second-order valence-corrected chi connectivity index (χ2v) is 7.44. The third-order valence-corrected chi connectivity index (χ3v) is 5.12. The SMILES string of the molecule is COc1ccc(Nc2nc(C(=O)N[C@H](C)CCc3ccccc3)cc3occc23)cc1. The summed E-state index contributed by atoms with van der Waals surface area (Å²) in [7, 11) is 1.63. The molecular formula is C25H25N3O3. The monoisotopic (exact) mass is 415 g/mol. The lowest BCUT2D eigenvalue weighted by molar-refractivity contribution is 0.0933. The van der Waals surface area contributed by atoms with Gasteiger partial charge in [-0.05, 0) is 55.7 Å². The molecule has 2 aromatic heterocycles. The summed E-state index contributed by atoms with van der Waals surface area (Å²) in [4.78, 5) is 17.4. The molecule has 0 spiro atoms. The van der Waals surface area contributed by atoms with Crippen LogP contribution in [0.15, 0.2) is 77.4 Å². The normalized spacial score (nSPS) is 11.8. The van der Waals surface area contributed by atoms with Crippen LogP contribution in [0.25, 0.3) is 11.0 Å². The predicted octanol–water partition coefficient (Wildman–Crippen LogP) is 5.33. The zero-order valence-corrected chi connectivity index (χ0v) is 17.6. The number of pyridine rings is 1. The Labute approximate surface area is 181 Å². The van der Waals surface area contributed by atoms with Crippen molar-refractivity contribution in [3.8, 4) is 5.75 Å². The molecule has 2 N–H and O–H groups in total. The van der Waals surface area contributed by atoms with E-state index in [1.165, 1.54) is 5.56 Å². The molecule has 158 valence electrons. The molecule has 0 bridgehead atoms. The maximum atomic E-state index is 12.9. The number of amides is 1. The summed E-state index contributed by atoms with van der Waals surface area (Å²) < 4.78 is 10.8. The highest BCUT2D eigenvalue weighted by molar-refractivity contribution is 5.99. The van der Waals surface area contributed by atoms with E-state index in [1.54, 1.807) is 19.4 Å². The van der Waals surface area contributed by atoms with Crippen LogP contribution >= 0.6 is 0 Å². The molecule has 0 aliphatic carbocycles. The standard InChI is InChI=1S/C25H25N3O3/c1-17(8-9-18-6-4-3-5-7-18)26-25(29)22-16-23-21(14-15-31-23)24(28-22)27-19-10-12-20(30-2)13-11-19/h3-7,10-17H,8-9H2,1-2H3,(H,26,29)(H,27,28)/t17-/m1/s1. The van der Waals surface area contributed by atoms with Crippen molar-refractivity contribution >= 4 is 28.4 Å². The highest BCUT2D eigenvalue weighted by atomic mass is 16.5. The molecule has 4 aromatic rings. The molecular weight excluding hydrogens is 390 g/mol. The van der Waals surface area contributed by atoms with E-state index >= 15 is 0 Å². The first-order chi connectivity index (χ1) is 15.1. The molecule has 0 unspecified atom stereocenters. The van der Waals surface area contributed by atoms with Gasteiger partial charge in [-0.1, -0.05) is 30.3 Å². The summed E-state index contributed by atoms with van der Waals surface area (Å²) in [6.45, 7) is 2.00. The summed E-state index contributed by atoms with van der Waals surface area (Å²) in [5.74, 6) is 1.11. The average molecular weight is 415 g/mol. The Hall–Kier alpha value is -3.80. The van der Waals surface area contributed by atoms with E-state index in [0.717, 1.165) is 29.7 Å². The molecule has 0 fully saturated rings. The number of aryl methyl sites for hydroxylation is 1. The Morgan fingerprint density at radius 2 is 1.87 bits per heavy atom. The number of carbonyl (C=O) groups is 1. The summed E-state index contributed by atoms with van der Waals surface area (Å²) in [5.41, 5.74) is 3.01. The molecule has 0 saturated heterocycles. The van der Waals surface area contributed by atoms with Crippen molar-refractivity contribution in [2.75, 3.05) is 12.4 Å². The van der Waals surface area contributed by atoms with Gasteiger partial charge in [-0.3, -0.25) is 4.79 Å². The number of fused-ring (bicyclic) bond motifs is 1. The maximum Gasteiger partial charge on any atom is 0.270 e. The molecule has 0 aliphatic heterocycles. The molecule has 2 aromatic carbocycles. The van der Waals surface area contributed by atoms with Crippen LogP contribution in [0.3, 0.4) is 0 Å². The van der Waals surface area contributed by atoms with Gasteiger partial charge in [0.25, 0.3) is 5.91 Å². The van der Waals surface area contributed by atoms with Gasteiger partial charge >= 0.3 is 0 Å². The Morgan fingerprint density at radius 1 is 1.10 bits per heavy atom. The number of aromatic nitrogens is 1. The minimum atomic E-state index is -0.225. The van der Waals surface area contributed by atoms with E-state index in [4.69, 9.17) is 9.15 Å². The third kappa shape index (κ3) is 5.04. The van der Waals surface area contributed by atoms with E-state index in [9.17, 15) is 4.79 Å². The van der Waals surface area contributed by atoms with Crippen molar-refractivity contribution in [2.45, 2.75) is 25.8 Å². The molecule has 31 heavy (non-hydrogen) atoms. The second-order valence-electron chi connectivity index (χ2n) is 7.44. The number of hydrogen-bond donors (Lipinski definition) is 2. The second kappa shape index (κ2) is 9.34. The number of benzene rings is 2. The number of anilines is 2. The molecule has 1 amide bonds. The third-order valence-electron chi connectivity index (χ3n) is 5.12. The minimum Gasteiger partial charge on any atom is -0.497 e. The van der Waals surface area contributed by atoms with Crippen LogP contribution in [0.1, 0.15) is 29.4 Å². The number of ether oxygens (including phenoxy) is 1. The van der Waals surface area contributed by atoms with Gasteiger partial charge < -0.3 is 19.8 Å². The van der Waals surface area contributed by atoms with Crippen molar-refractivity contribution in [2.24, 2.45) is 0 Å². The molecule has 6 heteroatoms. The fourth-order valence-electron chi connectivity index (χ4n) is 3.39. The van der Waals surface area contributed by atoms with E-state index in [2.05, 4.69) is 27.8 Å². The number of methoxy groups -OCH3 is 1. The van der Waals surface area contributed by atoms with Gasteiger partial charge in [0.2, 0.25) is 0 Å². The Kier molecular flexibility index (Phi) is 6.17. The van der Waals surface area contributed by atoms with Gasteiger partial charge in [-0.2, -0.15) is 0 Å². The molecule has 6 nitrogen and oxygen atoms in total. The van der Waals surface area contributed by atoms with Gasteiger partial charge in [-0.25, -0.2) is 4.98 Å². The summed E-state index contributed by atoms with van der Waals surface area (Å²) in [5, 5.41) is 7.12. The zero-order valence-electron chi connectivity index (χ0n) is 17.6. The van der Waals surface area contributed by atoms with Crippen molar-refractivity contribution in [1.82, 2.24) is 10.3 Å². The Bertz CT molecular complexity index is 1150. The highest BCUT2D eigenvalue weighted by Gasteiger charge is 2.16. The van der Waals surface area contributed by atoms with E-state index in [0.29, 0.717) is 17.1 Å². The van der Waals surface area contributed by atoms with Gasteiger partial charge in [0.1, 0.15) is 22.8 Å². The first-order valence-electron chi connectivity index (χ1n) is 10.3. The molecule has 1 atom stereocenters. The maximum absolute atomic E-state index is 12.9. The van der Waals surface area contributed by atoms with Gasteiger partial charge in [0.15, 0.2) is 0 Å². The summed E-state index contributed by atoms with van der Waals surface area (Å²) in [6.07, 6.45) is 3.34. The average Bonchev–Trinajstić information content (AvgIpc) is 3.28. The quantitative estimate of drug-likeness (QED) is 0.407.